The van der Waals surface area contributed by atoms with Crippen molar-refractivity contribution in [2.24, 2.45) is 0 Å². The fraction of sp³-hybridized carbons (Fsp3) is 0.294. The largest absolute Gasteiger partial charge is 0.368 e. The molecule has 2 aromatic rings. The van der Waals surface area contributed by atoms with E-state index in [0.717, 1.165) is 41.7 Å². The van der Waals surface area contributed by atoms with Gasteiger partial charge in [0.2, 0.25) is 0 Å². The highest BCUT2D eigenvalue weighted by atomic mass is 79.9. The fourth-order valence-electron chi connectivity index (χ4n) is 3.45. The number of carbonyl (C=O) groups is 2. The Bertz CT molecular complexity index is 875. The minimum Gasteiger partial charge on any atom is -0.368 e. The van der Waals surface area contributed by atoms with Crippen molar-refractivity contribution in [1.29, 1.82) is 0 Å². The fourth-order valence-corrected chi connectivity index (χ4v) is 4.15. The first kappa shape index (κ1) is 15.6. The predicted molar refractivity (Wildman–Crippen MR) is 93.6 cm³/mol. The number of benzene rings is 2. The van der Waals surface area contributed by atoms with Crippen LogP contribution in [0.2, 0.25) is 0 Å². The van der Waals surface area contributed by atoms with Crippen molar-refractivity contribution >= 4 is 44.2 Å². The van der Waals surface area contributed by atoms with Gasteiger partial charge in [0.1, 0.15) is 0 Å². The van der Waals surface area contributed by atoms with Crippen LogP contribution < -0.4 is 4.90 Å². The predicted octanol–water partition coefficient (Wildman–Crippen LogP) is 2.34. The van der Waals surface area contributed by atoms with E-state index in [1.807, 2.05) is 6.07 Å². The summed E-state index contributed by atoms with van der Waals surface area (Å²) in [5, 5.41) is 11.5. The second-order valence-corrected chi connectivity index (χ2v) is 7.05. The highest BCUT2D eigenvalue weighted by Gasteiger charge is 2.34. The first-order chi connectivity index (χ1) is 11.5. The third-order valence-corrected chi connectivity index (χ3v) is 5.36. The molecule has 24 heavy (non-hydrogen) atoms. The molecule has 0 aliphatic carbocycles. The van der Waals surface area contributed by atoms with Gasteiger partial charge in [0, 0.05) is 41.4 Å². The molecule has 0 saturated carbocycles. The van der Waals surface area contributed by atoms with E-state index in [-0.39, 0.29) is 5.06 Å². The quantitative estimate of drug-likeness (QED) is 0.598. The molecular weight excluding hydrogens is 374 g/mol. The molecule has 1 saturated heterocycles. The Morgan fingerprint density at radius 1 is 1.04 bits per heavy atom. The molecule has 6 nitrogen and oxygen atoms in total. The number of halogens is 1. The van der Waals surface area contributed by atoms with Gasteiger partial charge in [-0.3, -0.25) is 14.8 Å². The first-order valence-corrected chi connectivity index (χ1v) is 8.54. The molecule has 0 spiro atoms. The second-order valence-electron chi connectivity index (χ2n) is 6.20. The van der Waals surface area contributed by atoms with Gasteiger partial charge < -0.3 is 9.80 Å². The third kappa shape index (κ3) is 2.16. The SMILES string of the molecule is CN1CCN(c2c(Br)cc3c4c(cccc24)C(=O)N(O)C3=O)CC1. The average Bonchev–Trinajstić information content (AvgIpc) is 2.58. The van der Waals surface area contributed by atoms with Crippen molar-refractivity contribution in [2.45, 2.75) is 0 Å². The average molecular weight is 390 g/mol. The van der Waals surface area contributed by atoms with Gasteiger partial charge in [-0.05, 0) is 35.1 Å². The molecule has 7 heteroatoms. The van der Waals surface area contributed by atoms with Crippen molar-refractivity contribution < 1.29 is 14.8 Å². The number of rotatable bonds is 1. The van der Waals surface area contributed by atoms with E-state index in [1.165, 1.54) is 0 Å². The lowest BCUT2D eigenvalue weighted by molar-refractivity contribution is -0.0377. The molecule has 0 unspecified atom stereocenters. The van der Waals surface area contributed by atoms with Crippen LogP contribution in [0.1, 0.15) is 20.7 Å². The number of hydrogen-bond donors (Lipinski definition) is 1. The lowest BCUT2D eigenvalue weighted by atomic mass is 9.93. The van der Waals surface area contributed by atoms with Crippen LogP contribution in [-0.4, -0.2) is 60.2 Å². The molecule has 2 heterocycles. The van der Waals surface area contributed by atoms with Crippen LogP contribution in [0.25, 0.3) is 10.8 Å². The Labute approximate surface area is 147 Å². The summed E-state index contributed by atoms with van der Waals surface area (Å²) in [5.74, 6) is -1.36. The van der Waals surface area contributed by atoms with Gasteiger partial charge in [-0.25, -0.2) is 0 Å². The van der Waals surface area contributed by atoms with E-state index in [9.17, 15) is 14.8 Å². The molecule has 0 radical (unpaired) electrons. The second kappa shape index (κ2) is 5.54. The number of nitrogens with zero attached hydrogens (tertiary/aromatic N) is 3. The van der Waals surface area contributed by atoms with E-state index in [2.05, 4.69) is 32.8 Å². The third-order valence-electron chi connectivity index (χ3n) is 4.75. The number of hydroxylamine groups is 2. The smallest absolute Gasteiger partial charge is 0.285 e. The van der Waals surface area contributed by atoms with Gasteiger partial charge in [0.25, 0.3) is 11.8 Å². The van der Waals surface area contributed by atoms with Crippen LogP contribution in [0.4, 0.5) is 5.69 Å². The number of anilines is 1. The monoisotopic (exact) mass is 389 g/mol. The van der Waals surface area contributed by atoms with E-state index < -0.39 is 11.8 Å². The summed E-state index contributed by atoms with van der Waals surface area (Å²) >= 11 is 3.58. The minimum absolute atomic E-state index is 0.194. The number of carbonyl (C=O) groups excluding carboxylic acids is 2. The molecule has 2 amide bonds. The van der Waals surface area contributed by atoms with Crippen LogP contribution in [0, 0.1) is 0 Å². The van der Waals surface area contributed by atoms with E-state index in [4.69, 9.17) is 0 Å². The van der Waals surface area contributed by atoms with Gasteiger partial charge in [-0.15, -0.1) is 5.06 Å². The van der Waals surface area contributed by atoms with Crippen LogP contribution in [0.5, 0.6) is 0 Å². The zero-order valence-corrected chi connectivity index (χ0v) is 14.7. The van der Waals surface area contributed by atoms with Crippen molar-refractivity contribution in [3.05, 3.63) is 39.9 Å². The normalized spacial score (nSPS) is 18.6. The number of likely N-dealkylation sites (N-methyl/N-ethyl adjacent to an activating group) is 1. The summed E-state index contributed by atoms with van der Waals surface area (Å²) in [6.07, 6.45) is 0. The Morgan fingerprint density at radius 3 is 2.42 bits per heavy atom. The zero-order valence-electron chi connectivity index (χ0n) is 13.1. The molecule has 0 aromatic heterocycles. The van der Waals surface area contributed by atoms with Crippen LogP contribution in [0.15, 0.2) is 28.7 Å². The van der Waals surface area contributed by atoms with Gasteiger partial charge in [0.15, 0.2) is 0 Å². The summed E-state index contributed by atoms with van der Waals surface area (Å²) in [6, 6.07) is 7.06. The maximum absolute atomic E-state index is 12.3. The molecule has 2 aliphatic heterocycles. The number of amides is 2. The van der Waals surface area contributed by atoms with Crippen molar-refractivity contribution in [3.8, 4) is 0 Å². The summed E-state index contributed by atoms with van der Waals surface area (Å²) in [4.78, 5) is 29.1. The number of hydrogen-bond acceptors (Lipinski definition) is 5. The topological polar surface area (TPSA) is 64.1 Å². The van der Waals surface area contributed by atoms with Crippen LogP contribution >= 0.6 is 15.9 Å². The van der Waals surface area contributed by atoms with Crippen molar-refractivity contribution in [1.82, 2.24) is 9.96 Å². The lowest BCUT2D eigenvalue weighted by Crippen LogP contribution is -2.45. The molecule has 2 aromatic carbocycles. The molecule has 124 valence electrons. The minimum atomic E-state index is -0.686. The van der Waals surface area contributed by atoms with Crippen LogP contribution in [-0.2, 0) is 0 Å². The highest BCUT2D eigenvalue weighted by molar-refractivity contribution is 9.10. The van der Waals surface area contributed by atoms with Gasteiger partial charge in [0.05, 0.1) is 16.8 Å². The molecule has 0 atom stereocenters. The van der Waals surface area contributed by atoms with Gasteiger partial charge in [-0.2, -0.15) is 0 Å². The summed E-state index contributed by atoms with van der Waals surface area (Å²) in [6.45, 7) is 3.67. The van der Waals surface area contributed by atoms with E-state index in [1.54, 1.807) is 18.2 Å². The first-order valence-electron chi connectivity index (χ1n) is 7.75. The summed E-state index contributed by atoms with van der Waals surface area (Å²) < 4.78 is 0.794. The Kier molecular flexibility index (Phi) is 3.59. The molecule has 1 N–H and O–H groups in total. The van der Waals surface area contributed by atoms with Crippen molar-refractivity contribution in [2.75, 3.05) is 38.1 Å². The van der Waals surface area contributed by atoms with Gasteiger partial charge in [-0.1, -0.05) is 12.1 Å². The van der Waals surface area contributed by atoms with Gasteiger partial charge >= 0.3 is 0 Å². The van der Waals surface area contributed by atoms with Crippen LogP contribution in [0.3, 0.4) is 0 Å². The Morgan fingerprint density at radius 2 is 1.71 bits per heavy atom. The number of imide groups is 1. The maximum Gasteiger partial charge on any atom is 0.285 e. The number of piperazine rings is 1. The molecular formula is C17H16BrN3O3. The lowest BCUT2D eigenvalue weighted by Gasteiger charge is -2.36. The Balaban J connectivity index is 1.97. The summed E-state index contributed by atoms with van der Waals surface area (Å²) in [7, 11) is 2.09. The maximum atomic E-state index is 12.3. The Hall–Kier alpha value is -1.96. The standard InChI is InChI=1S/C17H16BrN3O3/c1-19-5-7-20(8-6-19)15-10-3-2-4-11-14(10)12(9-13(15)18)17(23)21(24)16(11)22/h2-4,9,24H,5-8H2,1H3. The van der Waals surface area contributed by atoms with Crippen molar-refractivity contribution in [3.63, 3.8) is 0 Å². The molecule has 1 fully saturated rings. The summed E-state index contributed by atoms with van der Waals surface area (Å²) in [5.41, 5.74) is 1.69. The molecule has 0 bridgehead atoms. The molecule has 4 rings (SSSR count). The van der Waals surface area contributed by atoms with E-state index >= 15 is 0 Å². The molecule has 2 aliphatic rings. The zero-order chi connectivity index (χ0) is 17.0. The highest BCUT2D eigenvalue weighted by Crippen LogP contribution is 2.40. The van der Waals surface area contributed by atoms with E-state index in [0.29, 0.717) is 16.5 Å².